The van der Waals surface area contributed by atoms with Crippen LogP contribution in [0.4, 0.5) is 8.78 Å². The summed E-state index contributed by atoms with van der Waals surface area (Å²) in [5.41, 5.74) is 0.165. The van der Waals surface area contributed by atoms with Gasteiger partial charge in [0.1, 0.15) is 0 Å². The lowest BCUT2D eigenvalue weighted by molar-refractivity contribution is 0.0689. The molecule has 0 aliphatic heterocycles. The summed E-state index contributed by atoms with van der Waals surface area (Å²) in [4.78, 5) is 10.8. The fourth-order valence-corrected chi connectivity index (χ4v) is 1.54. The molecule has 7 heteroatoms. The normalized spacial score (nSPS) is 10.6. The van der Waals surface area contributed by atoms with Gasteiger partial charge in [0.25, 0.3) is 0 Å². The fraction of sp³-hybridized carbons (Fsp3) is 0.182. The second-order valence-corrected chi connectivity index (χ2v) is 3.70. The minimum atomic E-state index is -1.21. The summed E-state index contributed by atoms with van der Waals surface area (Å²) in [6.45, 7) is 1.43. The van der Waals surface area contributed by atoms with Crippen molar-refractivity contribution in [2.75, 3.05) is 0 Å². The molecule has 5 nitrogen and oxygen atoms in total. The minimum Gasteiger partial charge on any atom is -0.476 e. The Balaban J connectivity index is 2.35. The van der Waals surface area contributed by atoms with Crippen molar-refractivity contribution in [2.45, 2.75) is 13.5 Å². The van der Waals surface area contributed by atoms with E-state index in [0.717, 1.165) is 6.07 Å². The van der Waals surface area contributed by atoms with Gasteiger partial charge in [0.2, 0.25) is 0 Å². The molecule has 0 unspecified atom stereocenters. The van der Waals surface area contributed by atoms with Gasteiger partial charge in [-0.05, 0) is 13.0 Å². The van der Waals surface area contributed by atoms with E-state index in [1.165, 1.54) is 23.7 Å². The van der Waals surface area contributed by atoms with Crippen molar-refractivity contribution in [2.24, 2.45) is 0 Å². The Labute approximate surface area is 101 Å². The lowest BCUT2D eigenvalue weighted by Crippen LogP contribution is -2.08. The number of halogens is 2. The van der Waals surface area contributed by atoms with Crippen molar-refractivity contribution < 1.29 is 18.7 Å². The molecule has 0 radical (unpaired) electrons. The molecule has 0 fully saturated rings. The average molecular weight is 253 g/mol. The predicted octanol–water partition coefficient (Wildman–Crippen LogP) is 1.61. The number of aromatic nitrogens is 3. The van der Waals surface area contributed by atoms with Gasteiger partial charge >= 0.3 is 5.97 Å². The van der Waals surface area contributed by atoms with E-state index in [2.05, 4.69) is 10.3 Å². The van der Waals surface area contributed by atoms with Crippen LogP contribution in [0.15, 0.2) is 18.2 Å². The van der Waals surface area contributed by atoms with Gasteiger partial charge in [-0.25, -0.2) is 18.3 Å². The molecule has 0 saturated carbocycles. The van der Waals surface area contributed by atoms with E-state index in [0.29, 0.717) is 0 Å². The molecule has 1 aromatic heterocycles. The smallest absolute Gasteiger partial charge is 0.358 e. The third-order valence-electron chi connectivity index (χ3n) is 2.54. The monoisotopic (exact) mass is 253 g/mol. The lowest BCUT2D eigenvalue weighted by Gasteiger charge is -2.05. The highest BCUT2D eigenvalue weighted by molar-refractivity contribution is 5.86. The second kappa shape index (κ2) is 4.52. The Bertz CT molecular complexity index is 610. The van der Waals surface area contributed by atoms with Crippen molar-refractivity contribution >= 4 is 5.97 Å². The van der Waals surface area contributed by atoms with E-state index >= 15 is 0 Å². The summed E-state index contributed by atoms with van der Waals surface area (Å²) in [5, 5.41) is 15.9. The molecule has 18 heavy (non-hydrogen) atoms. The molecular formula is C11H9F2N3O2. The van der Waals surface area contributed by atoms with E-state index < -0.39 is 17.6 Å². The minimum absolute atomic E-state index is 0.0737. The van der Waals surface area contributed by atoms with Gasteiger partial charge < -0.3 is 5.11 Å². The number of hydrogen-bond acceptors (Lipinski definition) is 3. The molecular weight excluding hydrogens is 244 g/mol. The van der Waals surface area contributed by atoms with E-state index in [1.807, 2.05) is 0 Å². The van der Waals surface area contributed by atoms with Crippen LogP contribution in [0.25, 0.3) is 0 Å². The van der Waals surface area contributed by atoms with Crippen LogP contribution in [0.5, 0.6) is 0 Å². The molecule has 2 aromatic rings. The summed E-state index contributed by atoms with van der Waals surface area (Å²) in [7, 11) is 0. The number of hydrogen-bond donors (Lipinski definition) is 1. The quantitative estimate of drug-likeness (QED) is 0.902. The number of carboxylic acids is 1. The van der Waals surface area contributed by atoms with Crippen LogP contribution in [0.2, 0.25) is 0 Å². The maximum Gasteiger partial charge on any atom is 0.358 e. The highest BCUT2D eigenvalue weighted by atomic mass is 19.2. The van der Waals surface area contributed by atoms with Crippen LogP contribution < -0.4 is 0 Å². The van der Waals surface area contributed by atoms with Gasteiger partial charge in [-0.3, -0.25) is 0 Å². The molecule has 1 N–H and O–H groups in total. The molecule has 0 aliphatic rings. The summed E-state index contributed by atoms with van der Waals surface area (Å²) >= 11 is 0. The number of aromatic carboxylic acids is 1. The number of carbonyl (C=O) groups is 1. The standard InChI is InChI=1S/C11H9F2N3O2/c1-6-10(11(17)18)14-15-16(6)5-7-3-2-4-8(12)9(7)13/h2-4H,5H2,1H3,(H,17,18). The summed E-state index contributed by atoms with van der Waals surface area (Å²) in [5.74, 6) is -3.13. The maximum atomic E-state index is 13.4. The third kappa shape index (κ3) is 2.06. The number of carboxylic acid groups (broad SMARTS) is 1. The highest BCUT2D eigenvalue weighted by Gasteiger charge is 2.16. The van der Waals surface area contributed by atoms with Gasteiger partial charge in [0.15, 0.2) is 17.3 Å². The van der Waals surface area contributed by atoms with E-state index in [9.17, 15) is 13.6 Å². The first kappa shape index (κ1) is 12.2. The summed E-state index contributed by atoms with van der Waals surface area (Å²) in [6.07, 6.45) is 0. The first-order valence-electron chi connectivity index (χ1n) is 5.07. The Morgan fingerprint density at radius 1 is 1.44 bits per heavy atom. The second-order valence-electron chi connectivity index (χ2n) is 3.70. The van der Waals surface area contributed by atoms with Crippen molar-refractivity contribution in [3.05, 3.63) is 46.8 Å². The molecule has 1 heterocycles. The van der Waals surface area contributed by atoms with Crippen molar-refractivity contribution in [1.82, 2.24) is 15.0 Å². The Kier molecular flexibility index (Phi) is 3.05. The van der Waals surface area contributed by atoms with Crippen LogP contribution in [0.1, 0.15) is 21.7 Å². The molecule has 0 bridgehead atoms. The van der Waals surface area contributed by atoms with Crippen LogP contribution >= 0.6 is 0 Å². The molecule has 0 atom stereocenters. The molecule has 0 spiro atoms. The van der Waals surface area contributed by atoms with Crippen LogP contribution in [-0.4, -0.2) is 26.1 Å². The largest absolute Gasteiger partial charge is 0.476 e. The van der Waals surface area contributed by atoms with Crippen molar-refractivity contribution in [3.8, 4) is 0 Å². The summed E-state index contributed by atoms with van der Waals surface area (Å²) < 4.78 is 27.6. The number of nitrogens with zero attached hydrogens (tertiary/aromatic N) is 3. The van der Waals surface area contributed by atoms with Crippen molar-refractivity contribution in [1.29, 1.82) is 0 Å². The average Bonchev–Trinajstić information content (AvgIpc) is 2.67. The maximum absolute atomic E-state index is 13.4. The lowest BCUT2D eigenvalue weighted by atomic mass is 10.2. The van der Waals surface area contributed by atoms with E-state index in [-0.39, 0.29) is 23.5 Å². The Hall–Kier alpha value is -2.31. The first-order valence-corrected chi connectivity index (χ1v) is 5.07. The zero-order valence-corrected chi connectivity index (χ0v) is 9.39. The number of rotatable bonds is 3. The highest BCUT2D eigenvalue weighted by Crippen LogP contribution is 2.14. The van der Waals surface area contributed by atoms with Gasteiger partial charge in [-0.1, -0.05) is 17.3 Å². The topological polar surface area (TPSA) is 68.0 Å². The van der Waals surface area contributed by atoms with Crippen LogP contribution in [0, 0.1) is 18.6 Å². The van der Waals surface area contributed by atoms with Gasteiger partial charge in [0, 0.05) is 5.56 Å². The van der Waals surface area contributed by atoms with Gasteiger partial charge in [-0.2, -0.15) is 0 Å². The van der Waals surface area contributed by atoms with Crippen LogP contribution in [-0.2, 0) is 6.54 Å². The third-order valence-corrected chi connectivity index (χ3v) is 2.54. The fourth-order valence-electron chi connectivity index (χ4n) is 1.54. The first-order chi connectivity index (χ1) is 8.50. The van der Waals surface area contributed by atoms with E-state index in [4.69, 9.17) is 5.11 Å². The van der Waals surface area contributed by atoms with Gasteiger partial charge in [0.05, 0.1) is 12.2 Å². The molecule has 1 aromatic carbocycles. The van der Waals surface area contributed by atoms with Gasteiger partial charge in [-0.15, -0.1) is 5.10 Å². The molecule has 94 valence electrons. The Morgan fingerprint density at radius 3 is 2.78 bits per heavy atom. The Morgan fingerprint density at radius 2 is 2.17 bits per heavy atom. The van der Waals surface area contributed by atoms with Crippen LogP contribution in [0.3, 0.4) is 0 Å². The molecule has 0 aliphatic carbocycles. The molecule has 2 rings (SSSR count). The number of benzene rings is 1. The predicted molar refractivity (Wildman–Crippen MR) is 57.2 cm³/mol. The summed E-state index contributed by atoms with van der Waals surface area (Å²) in [6, 6.07) is 3.79. The zero-order valence-electron chi connectivity index (χ0n) is 9.39. The SMILES string of the molecule is Cc1c(C(=O)O)nnn1Cc1cccc(F)c1F. The van der Waals surface area contributed by atoms with Crippen molar-refractivity contribution in [3.63, 3.8) is 0 Å². The van der Waals surface area contributed by atoms with E-state index in [1.54, 1.807) is 0 Å². The molecule has 0 amide bonds. The molecule has 0 saturated heterocycles. The zero-order chi connectivity index (χ0) is 13.3.